The molecule has 0 saturated heterocycles. The van der Waals surface area contributed by atoms with E-state index in [9.17, 15) is 18.3 Å². The molecule has 4 unspecified atom stereocenters. The highest BCUT2D eigenvalue weighted by molar-refractivity contribution is 7.88. The second-order valence-electron chi connectivity index (χ2n) is 17.4. The van der Waals surface area contributed by atoms with Crippen molar-refractivity contribution in [1.29, 1.82) is 0 Å². The second-order valence-corrected chi connectivity index (χ2v) is 19.2. The first-order chi connectivity index (χ1) is 21.4. The summed E-state index contributed by atoms with van der Waals surface area (Å²) in [7, 11) is -3.20. The van der Waals surface area contributed by atoms with Gasteiger partial charge in [-0.05, 0) is 139 Å². The number of aromatic carboxylic acids is 1. The molecule has 254 valence electrons. The number of benzene rings is 1. The average molecular weight is 651 g/mol. The van der Waals surface area contributed by atoms with Crippen molar-refractivity contribution in [2.75, 3.05) is 19.3 Å². The molecule has 0 bridgehead atoms. The van der Waals surface area contributed by atoms with Crippen molar-refractivity contribution in [3.05, 3.63) is 53.6 Å². The maximum atomic E-state index is 11.8. The Kier molecular flexibility index (Phi) is 8.33. The van der Waals surface area contributed by atoms with E-state index < -0.39 is 16.0 Å². The Morgan fingerprint density at radius 3 is 2.24 bits per heavy atom. The number of carbonyl (C=O) groups is 1. The molecule has 4 fully saturated rings. The molecular formula is C39H58N2O4S. The summed E-state index contributed by atoms with van der Waals surface area (Å²) in [6.07, 6.45) is 14.5. The zero-order chi connectivity index (χ0) is 33.5. The SMILES string of the molecule is C=C(C)[C@@H]1CC[C@]2(NCCNS(C)(=O)=O)CC[C@]3(C)C(CCC4[C@@]5(C)CC=C(c6ccc(C(=O)O)cc6)C(C)(C)C5CC[C@]43C)C12. The van der Waals surface area contributed by atoms with Gasteiger partial charge in [0.25, 0.3) is 0 Å². The first-order valence-electron chi connectivity index (χ1n) is 17.8. The van der Waals surface area contributed by atoms with Crippen molar-refractivity contribution in [3.63, 3.8) is 0 Å². The van der Waals surface area contributed by atoms with E-state index in [4.69, 9.17) is 0 Å². The van der Waals surface area contributed by atoms with Gasteiger partial charge in [-0.15, -0.1) is 0 Å². The summed E-state index contributed by atoms with van der Waals surface area (Å²) in [5, 5.41) is 13.4. The van der Waals surface area contributed by atoms with Gasteiger partial charge in [-0.2, -0.15) is 0 Å². The summed E-state index contributed by atoms with van der Waals surface area (Å²) in [5.74, 6) is 2.01. The molecule has 6 nitrogen and oxygen atoms in total. The summed E-state index contributed by atoms with van der Waals surface area (Å²) >= 11 is 0. The molecule has 0 spiro atoms. The van der Waals surface area contributed by atoms with Crippen LogP contribution in [0.25, 0.3) is 5.57 Å². The number of hydrogen-bond donors (Lipinski definition) is 3. The van der Waals surface area contributed by atoms with Gasteiger partial charge in [-0.1, -0.05) is 65.0 Å². The zero-order valence-corrected chi connectivity index (χ0v) is 30.2. The minimum atomic E-state index is -3.20. The molecular weight excluding hydrogens is 593 g/mol. The van der Waals surface area contributed by atoms with Gasteiger partial charge < -0.3 is 10.4 Å². The fraction of sp³-hybridized carbons (Fsp3) is 0.718. The van der Waals surface area contributed by atoms with Crippen LogP contribution >= 0.6 is 0 Å². The van der Waals surface area contributed by atoms with E-state index in [0.717, 1.165) is 24.8 Å². The quantitative estimate of drug-likeness (QED) is 0.196. The number of carboxylic acid groups (broad SMARTS) is 1. The molecule has 0 radical (unpaired) electrons. The fourth-order valence-corrected chi connectivity index (χ4v) is 13.4. The largest absolute Gasteiger partial charge is 0.478 e. The van der Waals surface area contributed by atoms with Crippen LogP contribution in [-0.2, 0) is 10.0 Å². The van der Waals surface area contributed by atoms with Crippen LogP contribution in [0.15, 0.2) is 42.5 Å². The normalized spacial score (nSPS) is 41.4. The molecule has 0 aliphatic heterocycles. The van der Waals surface area contributed by atoms with Crippen LogP contribution in [0.3, 0.4) is 0 Å². The third-order valence-electron chi connectivity index (χ3n) is 15.1. The van der Waals surface area contributed by atoms with Crippen LogP contribution < -0.4 is 10.0 Å². The van der Waals surface area contributed by atoms with Crippen LogP contribution in [0.2, 0.25) is 0 Å². The molecule has 0 aromatic heterocycles. The Morgan fingerprint density at radius 1 is 0.913 bits per heavy atom. The minimum absolute atomic E-state index is 0.00102. The van der Waals surface area contributed by atoms with E-state index in [1.165, 1.54) is 55.9 Å². The monoisotopic (exact) mass is 650 g/mol. The molecule has 5 aliphatic rings. The molecule has 46 heavy (non-hydrogen) atoms. The van der Waals surface area contributed by atoms with Crippen LogP contribution in [0.4, 0.5) is 0 Å². The van der Waals surface area contributed by atoms with Crippen molar-refractivity contribution >= 4 is 21.6 Å². The first kappa shape index (κ1) is 33.9. The molecule has 9 atom stereocenters. The Balaban J connectivity index is 1.30. The van der Waals surface area contributed by atoms with Gasteiger partial charge in [-0.25, -0.2) is 17.9 Å². The van der Waals surface area contributed by atoms with Gasteiger partial charge >= 0.3 is 5.97 Å². The smallest absolute Gasteiger partial charge is 0.335 e. The Hall–Kier alpha value is -1.96. The number of nitrogens with one attached hydrogen (secondary N) is 2. The van der Waals surface area contributed by atoms with Crippen LogP contribution in [0, 0.1) is 51.2 Å². The molecule has 5 aliphatic carbocycles. The predicted molar refractivity (Wildman–Crippen MR) is 187 cm³/mol. The van der Waals surface area contributed by atoms with Gasteiger partial charge in [0.1, 0.15) is 0 Å². The van der Waals surface area contributed by atoms with Gasteiger partial charge in [0.2, 0.25) is 10.0 Å². The molecule has 0 amide bonds. The van der Waals surface area contributed by atoms with Crippen LogP contribution in [-0.4, -0.2) is 44.4 Å². The maximum absolute atomic E-state index is 11.8. The van der Waals surface area contributed by atoms with Crippen molar-refractivity contribution in [2.24, 2.45) is 51.2 Å². The molecule has 0 heterocycles. The molecule has 1 aromatic carbocycles. The summed E-state index contributed by atoms with van der Waals surface area (Å²) in [4.78, 5) is 11.5. The van der Waals surface area contributed by atoms with Crippen molar-refractivity contribution in [1.82, 2.24) is 10.0 Å². The number of sulfonamides is 1. The fourth-order valence-electron chi connectivity index (χ4n) is 12.9. The van der Waals surface area contributed by atoms with Crippen LogP contribution in [0.5, 0.6) is 0 Å². The van der Waals surface area contributed by atoms with E-state index in [-0.39, 0.29) is 27.2 Å². The summed E-state index contributed by atoms with van der Waals surface area (Å²) in [6, 6.07) is 7.53. The minimum Gasteiger partial charge on any atom is -0.478 e. The van der Waals surface area contributed by atoms with E-state index in [2.05, 4.69) is 64.2 Å². The number of fused-ring (bicyclic) bond motifs is 7. The molecule has 1 aromatic rings. The van der Waals surface area contributed by atoms with E-state index >= 15 is 0 Å². The predicted octanol–water partition coefficient (Wildman–Crippen LogP) is 7.93. The van der Waals surface area contributed by atoms with Gasteiger partial charge in [0, 0.05) is 18.6 Å². The lowest BCUT2D eigenvalue weighted by Crippen LogP contribution is -2.68. The Bertz CT molecular complexity index is 1530. The van der Waals surface area contributed by atoms with Crippen LogP contribution in [0.1, 0.15) is 115 Å². The van der Waals surface area contributed by atoms with E-state index in [1.54, 1.807) is 12.1 Å². The third kappa shape index (κ3) is 5.08. The maximum Gasteiger partial charge on any atom is 0.335 e. The Labute approximate surface area is 278 Å². The lowest BCUT2D eigenvalue weighted by atomic mass is 9.33. The highest BCUT2D eigenvalue weighted by atomic mass is 32.2. The summed E-state index contributed by atoms with van der Waals surface area (Å²) in [6.45, 7) is 20.7. The van der Waals surface area contributed by atoms with Crippen molar-refractivity contribution < 1.29 is 18.3 Å². The molecule has 4 saturated carbocycles. The number of allylic oxidation sites excluding steroid dienone is 3. The first-order valence-corrected chi connectivity index (χ1v) is 19.7. The van der Waals surface area contributed by atoms with Gasteiger partial charge in [0.15, 0.2) is 0 Å². The zero-order valence-electron chi connectivity index (χ0n) is 29.3. The van der Waals surface area contributed by atoms with Gasteiger partial charge in [-0.3, -0.25) is 0 Å². The number of rotatable bonds is 8. The van der Waals surface area contributed by atoms with Crippen molar-refractivity contribution in [2.45, 2.75) is 105 Å². The van der Waals surface area contributed by atoms with E-state index in [1.807, 2.05) is 12.1 Å². The number of carboxylic acids is 1. The Morgan fingerprint density at radius 2 is 1.61 bits per heavy atom. The summed E-state index contributed by atoms with van der Waals surface area (Å²) < 4.78 is 26.2. The highest BCUT2D eigenvalue weighted by Gasteiger charge is 2.70. The lowest BCUT2D eigenvalue weighted by Gasteiger charge is -2.72. The lowest BCUT2D eigenvalue weighted by molar-refractivity contribution is -0.219. The molecule has 3 N–H and O–H groups in total. The number of hydrogen-bond acceptors (Lipinski definition) is 4. The molecule has 6 rings (SSSR count). The summed E-state index contributed by atoms with van der Waals surface area (Å²) in [5.41, 5.74) is 4.95. The molecule has 7 heteroatoms. The van der Waals surface area contributed by atoms with Gasteiger partial charge in [0.05, 0.1) is 11.8 Å². The third-order valence-corrected chi connectivity index (χ3v) is 15.8. The van der Waals surface area contributed by atoms with Crippen molar-refractivity contribution in [3.8, 4) is 0 Å². The van der Waals surface area contributed by atoms with E-state index in [0.29, 0.717) is 48.2 Å². The standard InChI is InChI=1S/C39H58N2O4S/c1-25(2)28-15-20-39(40-23-24-41-46(8,44)45)22-21-37(6)30(33(28)39)13-14-32-36(5)18-16-29(26-9-11-27(12-10-26)34(42)43)35(3,4)31(36)17-19-38(32,37)7/h9-12,16,28,30-33,40-41H,1,13-15,17-24H2,2-8H3,(H,42,43)/t28-,30?,31?,32?,33?,36-,37+,38+,39-/m0/s1. The topological polar surface area (TPSA) is 95.5 Å². The average Bonchev–Trinajstić information content (AvgIpc) is 3.35. The highest BCUT2D eigenvalue weighted by Crippen LogP contribution is 2.76. The second kappa shape index (κ2) is 11.3.